The SMILES string of the molecule is O=C(CCC(=O)NCO)NCO. The summed E-state index contributed by atoms with van der Waals surface area (Å²) in [6.45, 7) is -0.860. The molecule has 6 nitrogen and oxygen atoms in total. The number of nitrogens with one attached hydrogen (secondary N) is 2. The number of carbonyl (C=O) groups is 2. The predicted molar refractivity (Wildman–Crippen MR) is 39.7 cm³/mol. The fourth-order valence-corrected chi connectivity index (χ4v) is 0.580. The second kappa shape index (κ2) is 6.56. The van der Waals surface area contributed by atoms with Crippen LogP contribution in [-0.2, 0) is 9.59 Å². The average Bonchev–Trinajstić information content (AvgIpc) is 2.02. The number of carbonyl (C=O) groups excluding carboxylic acids is 2. The van der Waals surface area contributed by atoms with Crippen molar-refractivity contribution in [3.8, 4) is 0 Å². The van der Waals surface area contributed by atoms with Crippen LogP contribution in [0.15, 0.2) is 0 Å². The van der Waals surface area contributed by atoms with Gasteiger partial charge >= 0.3 is 0 Å². The first kappa shape index (κ1) is 10.9. The molecule has 0 radical (unpaired) electrons. The molecule has 6 heteroatoms. The fraction of sp³-hybridized carbons (Fsp3) is 0.667. The summed E-state index contributed by atoms with van der Waals surface area (Å²) < 4.78 is 0. The molecule has 0 spiro atoms. The summed E-state index contributed by atoms with van der Waals surface area (Å²) in [6.07, 6.45) is 0.0127. The minimum Gasteiger partial charge on any atom is -0.377 e. The van der Waals surface area contributed by atoms with Crippen LogP contribution in [0.5, 0.6) is 0 Å². The van der Waals surface area contributed by atoms with Gasteiger partial charge in [-0.3, -0.25) is 9.59 Å². The van der Waals surface area contributed by atoms with Gasteiger partial charge in [-0.2, -0.15) is 0 Å². The van der Waals surface area contributed by atoms with Crippen LogP contribution < -0.4 is 10.6 Å². The van der Waals surface area contributed by atoms with E-state index in [1.165, 1.54) is 0 Å². The van der Waals surface area contributed by atoms with Crippen LogP contribution in [0, 0.1) is 0 Å². The summed E-state index contributed by atoms with van der Waals surface area (Å²) in [7, 11) is 0. The van der Waals surface area contributed by atoms with E-state index in [4.69, 9.17) is 10.2 Å². The molecule has 0 rings (SSSR count). The molecule has 0 heterocycles. The van der Waals surface area contributed by atoms with Crippen LogP contribution in [0.2, 0.25) is 0 Å². The first-order chi connectivity index (χ1) is 5.70. The van der Waals surface area contributed by atoms with Gasteiger partial charge in [0.1, 0.15) is 13.5 Å². The molecule has 12 heavy (non-hydrogen) atoms. The molecule has 0 atom stereocenters. The molecule has 70 valence electrons. The lowest BCUT2D eigenvalue weighted by Gasteiger charge is -2.01. The minimum atomic E-state index is -0.430. The van der Waals surface area contributed by atoms with Crippen molar-refractivity contribution in [1.29, 1.82) is 0 Å². The fourth-order valence-electron chi connectivity index (χ4n) is 0.580. The second-order valence-electron chi connectivity index (χ2n) is 2.02. The van der Waals surface area contributed by atoms with E-state index in [0.717, 1.165) is 0 Å². The Bertz CT molecular complexity index is 142. The lowest BCUT2D eigenvalue weighted by molar-refractivity contribution is -0.127. The summed E-state index contributed by atoms with van der Waals surface area (Å²) in [6, 6.07) is 0. The number of rotatable bonds is 5. The van der Waals surface area contributed by atoms with Gasteiger partial charge in [0, 0.05) is 12.8 Å². The largest absolute Gasteiger partial charge is 0.377 e. The molecule has 4 N–H and O–H groups in total. The molecule has 0 aliphatic heterocycles. The maximum atomic E-state index is 10.6. The molecule has 0 saturated heterocycles. The Kier molecular flexibility index (Phi) is 5.94. The molecule has 0 aliphatic rings. The number of hydrogen-bond acceptors (Lipinski definition) is 4. The van der Waals surface area contributed by atoms with Gasteiger partial charge in [0.25, 0.3) is 0 Å². The van der Waals surface area contributed by atoms with E-state index in [2.05, 4.69) is 10.6 Å². The van der Waals surface area contributed by atoms with Crippen molar-refractivity contribution >= 4 is 11.8 Å². The van der Waals surface area contributed by atoms with E-state index in [1.54, 1.807) is 0 Å². The molecule has 0 aromatic heterocycles. The summed E-state index contributed by atoms with van der Waals surface area (Å²) >= 11 is 0. The van der Waals surface area contributed by atoms with Crippen LogP contribution in [0.4, 0.5) is 0 Å². The number of amides is 2. The van der Waals surface area contributed by atoms with E-state index < -0.39 is 25.3 Å². The first-order valence-electron chi connectivity index (χ1n) is 3.45. The predicted octanol–water partition coefficient (Wildman–Crippen LogP) is -2.10. The van der Waals surface area contributed by atoms with Crippen molar-refractivity contribution in [2.24, 2.45) is 0 Å². The van der Waals surface area contributed by atoms with Crippen LogP contribution >= 0.6 is 0 Å². The highest BCUT2D eigenvalue weighted by atomic mass is 16.3. The smallest absolute Gasteiger partial charge is 0.222 e. The van der Waals surface area contributed by atoms with Gasteiger partial charge in [0.05, 0.1) is 0 Å². The van der Waals surface area contributed by atoms with Crippen molar-refractivity contribution in [3.05, 3.63) is 0 Å². The lowest BCUT2D eigenvalue weighted by Crippen LogP contribution is -2.28. The van der Waals surface area contributed by atoms with Gasteiger partial charge in [0.15, 0.2) is 0 Å². The van der Waals surface area contributed by atoms with E-state index in [1.807, 2.05) is 0 Å². The van der Waals surface area contributed by atoms with E-state index in [9.17, 15) is 9.59 Å². The maximum Gasteiger partial charge on any atom is 0.222 e. The van der Waals surface area contributed by atoms with Crippen LogP contribution in [0.25, 0.3) is 0 Å². The zero-order valence-corrected chi connectivity index (χ0v) is 6.54. The summed E-state index contributed by atoms with van der Waals surface area (Å²) in [4.78, 5) is 21.3. The van der Waals surface area contributed by atoms with Crippen molar-refractivity contribution in [2.75, 3.05) is 13.5 Å². The van der Waals surface area contributed by atoms with Gasteiger partial charge in [-0.15, -0.1) is 0 Å². The average molecular weight is 176 g/mol. The highest BCUT2D eigenvalue weighted by molar-refractivity contribution is 5.83. The maximum absolute atomic E-state index is 10.6. The Morgan fingerprint density at radius 2 is 1.25 bits per heavy atom. The Balaban J connectivity index is 3.40. The molecule has 0 bridgehead atoms. The van der Waals surface area contributed by atoms with Crippen LogP contribution in [-0.4, -0.2) is 35.5 Å². The molecular weight excluding hydrogens is 164 g/mol. The third kappa shape index (κ3) is 5.63. The van der Waals surface area contributed by atoms with Crippen molar-refractivity contribution < 1.29 is 19.8 Å². The normalized spacial score (nSPS) is 9.17. The standard InChI is InChI=1S/C6H12N2O4/c9-3-7-5(11)1-2-6(12)8-4-10/h9-10H,1-4H2,(H,7,11)(H,8,12). The van der Waals surface area contributed by atoms with Gasteiger partial charge in [0.2, 0.25) is 11.8 Å². The van der Waals surface area contributed by atoms with Crippen LogP contribution in [0.3, 0.4) is 0 Å². The van der Waals surface area contributed by atoms with E-state index in [0.29, 0.717) is 0 Å². The molecule has 0 saturated carbocycles. The van der Waals surface area contributed by atoms with Gasteiger partial charge in [-0.1, -0.05) is 0 Å². The van der Waals surface area contributed by atoms with Gasteiger partial charge < -0.3 is 20.8 Å². The highest BCUT2D eigenvalue weighted by Gasteiger charge is 2.04. The monoisotopic (exact) mass is 176 g/mol. The van der Waals surface area contributed by atoms with Crippen molar-refractivity contribution in [2.45, 2.75) is 12.8 Å². The Morgan fingerprint density at radius 1 is 0.917 bits per heavy atom. The third-order valence-electron chi connectivity index (χ3n) is 1.13. The Morgan fingerprint density at radius 3 is 1.50 bits per heavy atom. The van der Waals surface area contributed by atoms with Crippen LogP contribution in [0.1, 0.15) is 12.8 Å². The Hall–Kier alpha value is -1.14. The molecular formula is C6H12N2O4. The Labute approximate surface area is 69.6 Å². The third-order valence-corrected chi connectivity index (χ3v) is 1.13. The lowest BCUT2D eigenvalue weighted by atomic mass is 10.3. The highest BCUT2D eigenvalue weighted by Crippen LogP contribution is 1.87. The summed E-state index contributed by atoms with van der Waals surface area (Å²) in [5.41, 5.74) is 0. The van der Waals surface area contributed by atoms with Crippen molar-refractivity contribution in [1.82, 2.24) is 10.6 Å². The minimum absolute atomic E-state index is 0.00634. The van der Waals surface area contributed by atoms with E-state index in [-0.39, 0.29) is 12.8 Å². The van der Waals surface area contributed by atoms with Gasteiger partial charge in [-0.25, -0.2) is 0 Å². The molecule has 0 unspecified atom stereocenters. The number of aliphatic hydroxyl groups is 2. The molecule has 2 amide bonds. The first-order valence-corrected chi connectivity index (χ1v) is 3.45. The molecule has 0 fully saturated rings. The molecule has 0 aromatic rings. The van der Waals surface area contributed by atoms with E-state index >= 15 is 0 Å². The van der Waals surface area contributed by atoms with Gasteiger partial charge in [-0.05, 0) is 0 Å². The summed E-state index contributed by atoms with van der Waals surface area (Å²) in [5, 5.41) is 20.7. The zero-order valence-electron chi connectivity index (χ0n) is 6.54. The topological polar surface area (TPSA) is 98.7 Å². The molecule has 0 aromatic carbocycles. The number of aliphatic hydroxyl groups excluding tert-OH is 2. The quantitative estimate of drug-likeness (QED) is 0.360. The second-order valence-corrected chi connectivity index (χ2v) is 2.02. The number of hydrogen-bond donors (Lipinski definition) is 4. The zero-order chi connectivity index (χ0) is 9.40. The van der Waals surface area contributed by atoms with Crippen molar-refractivity contribution in [3.63, 3.8) is 0 Å². The molecule has 0 aliphatic carbocycles. The summed E-state index contributed by atoms with van der Waals surface area (Å²) in [5.74, 6) is -0.795.